The largest absolute Gasteiger partial charge is 0.401 e. The summed E-state index contributed by atoms with van der Waals surface area (Å²) in [6, 6.07) is 0. The van der Waals surface area contributed by atoms with E-state index < -0.39 is 12.7 Å². The summed E-state index contributed by atoms with van der Waals surface area (Å²) >= 11 is 0. The molecule has 0 aliphatic carbocycles. The first-order valence-corrected chi connectivity index (χ1v) is 6.66. The minimum atomic E-state index is -4.06. The molecule has 6 heteroatoms. The molecule has 1 N–H and O–H groups in total. The number of halogens is 3. The van der Waals surface area contributed by atoms with Gasteiger partial charge in [-0.05, 0) is 24.9 Å². The average molecular weight is 265 g/mol. The standard InChI is InChI=1S/C12H22F3N3/c1-10(11-6-16-7-11)8-17-2-4-18(5-3-17)9-12(13,14)15/h10-11,16H,2-9H2,1H3. The molecule has 2 fully saturated rings. The van der Waals surface area contributed by atoms with Crippen LogP contribution < -0.4 is 5.32 Å². The lowest BCUT2D eigenvalue weighted by Crippen LogP contribution is -2.52. The summed E-state index contributed by atoms with van der Waals surface area (Å²) < 4.78 is 36.7. The van der Waals surface area contributed by atoms with Crippen molar-refractivity contribution in [1.82, 2.24) is 15.1 Å². The highest BCUT2D eigenvalue weighted by Gasteiger charge is 2.32. The first-order valence-electron chi connectivity index (χ1n) is 6.66. The molecular weight excluding hydrogens is 243 g/mol. The van der Waals surface area contributed by atoms with Crippen LogP contribution in [-0.4, -0.2) is 68.3 Å². The molecule has 3 nitrogen and oxygen atoms in total. The van der Waals surface area contributed by atoms with Crippen LogP contribution in [0.5, 0.6) is 0 Å². The minimum Gasteiger partial charge on any atom is -0.316 e. The van der Waals surface area contributed by atoms with Gasteiger partial charge in [-0.3, -0.25) is 4.90 Å². The molecule has 2 aliphatic heterocycles. The maximum absolute atomic E-state index is 12.2. The smallest absolute Gasteiger partial charge is 0.316 e. The van der Waals surface area contributed by atoms with Crippen LogP contribution in [0.4, 0.5) is 13.2 Å². The molecule has 0 aromatic carbocycles. The molecule has 2 aliphatic rings. The molecule has 0 radical (unpaired) electrons. The lowest BCUT2D eigenvalue weighted by molar-refractivity contribution is -0.149. The molecule has 0 bridgehead atoms. The van der Waals surface area contributed by atoms with Gasteiger partial charge in [0.15, 0.2) is 0 Å². The fraction of sp³-hybridized carbons (Fsp3) is 1.00. The van der Waals surface area contributed by atoms with E-state index in [1.165, 1.54) is 4.90 Å². The van der Waals surface area contributed by atoms with Crippen LogP contribution >= 0.6 is 0 Å². The average Bonchev–Trinajstić information content (AvgIpc) is 2.16. The second kappa shape index (κ2) is 5.75. The number of hydrogen-bond donors (Lipinski definition) is 1. The van der Waals surface area contributed by atoms with Crippen LogP contribution in [0.25, 0.3) is 0 Å². The van der Waals surface area contributed by atoms with Gasteiger partial charge in [0.05, 0.1) is 6.54 Å². The summed E-state index contributed by atoms with van der Waals surface area (Å²) in [5.41, 5.74) is 0. The first-order chi connectivity index (χ1) is 8.44. The van der Waals surface area contributed by atoms with Gasteiger partial charge in [0.1, 0.15) is 0 Å². The quantitative estimate of drug-likeness (QED) is 0.819. The van der Waals surface area contributed by atoms with Gasteiger partial charge >= 0.3 is 6.18 Å². The molecule has 18 heavy (non-hydrogen) atoms. The van der Waals surface area contributed by atoms with Crippen molar-refractivity contribution in [3.05, 3.63) is 0 Å². The van der Waals surface area contributed by atoms with Gasteiger partial charge < -0.3 is 10.2 Å². The Morgan fingerprint density at radius 3 is 2.11 bits per heavy atom. The molecule has 0 saturated carbocycles. The second-order valence-electron chi connectivity index (χ2n) is 5.59. The predicted molar refractivity (Wildman–Crippen MR) is 64.5 cm³/mol. The molecule has 106 valence electrons. The maximum Gasteiger partial charge on any atom is 0.401 e. The summed E-state index contributed by atoms with van der Waals surface area (Å²) in [6.07, 6.45) is -4.06. The molecule has 0 spiro atoms. The van der Waals surface area contributed by atoms with Crippen molar-refractivity contribution < 1.29 is 13.2 Å². The Labute approximate surface area is 106 Å². The first kappa shape index (κ1) is 14.1. The Morgan fingerprint density at radius 2 is 1.67 bits per heavy atom. The Balaban J connectivity index is 1.66. The number of hydrogen-bond acceptors (Lipinski definition) is 3. The Morgan fingerprint density at radius 1 is 1.11 bits per heavy atom. The van der Waals surface area contributed by atoms with Gasteiger partial charge in [-0.25, -0.2) is 0 Å². The number of rotatable bonds is 4. The Bertz CT molecular complexity index is 258. The molecule has 2 rings (SSSR count). The third kappa shape index (κ3) is 4.10. The topological polar surface area (TPSA) is 18.5 Å². The highest BCUT2D eigenvalue weighted by molar-refractivity contribution is 4.83. The van der Waals surface area contributed by atoms with Crippen molar-refractivity contribution in [2.75, 3.05) is 52.4 Å². The molecule has 0 aromatic rings. The van der Waals surface area contributed by atoms with E-state index in [4.69, 9.17) is 0 Å². The minimum absolute atomic E-state index is 0.537. The number of alkyl halides is 3. The predicted octanol–water partition coefficient (Wildman–Crippen LogP) is 1.02. The van der Waals surface area contributed by atoms with Crippen molar-refractivity contribution >= 4 is 0 Å². The van der Waals surface area contributed by atoms with E-state index in [2.05, 4.69) is 17.1 Å². The van der Waals surface area contributed by atoms with Gasteiger partial charge in [-0.2, -0.15) is 13.2 Å². The third-order valence-corrected chi connectivity index (χ3v) is 4.03. The lowest BCUT2D eigenvalue weighted by Gasteiger charge is -2.39. The second-order valence-corrected chi connectivity index (χ2v) is 5.59. The van der Waals surface area contributed by atoms with Crippen molar-refractivity contribution in [3.63, 3.8) is 0 Å². The van der Waals surface area contributed by atoms with Crippen LogP contribution in [0.2, 0.25) is 0 Å². The fourth-order valence-corrected chi connectivity index (χ4v) is 2.65. The van der Waals surface area contributed by atoms with Crippen molar-refractivity contribution in [2.45, 2.75) is 13.1 Å². The van der Waals surface area contributed by atoms with E-state index in [1.807, 2.05) is 0 Å². The fourth-order valence-electron chi connectivity index (χ4n) is 2.65. The molecule has 0 aromatic heterocycles. The van der Waals surface area contributed by atoms with E-state index in [1.54, 1.807) is 0 Å². The van der Waals surface area contributed by atoms with E-state index in [0.29, 0.717) is 19.0 Å². The van der Waals surface area contributed by atoms with Crippen LogP contribution in [0.15, 0.2) is 0 Å². The molecular formula is C12H22F3N3. The summed E-state index contributed by atoms with van der Waals surface area (Å²) in [7, 11) is 0. The van der Waals surface area contributed by atoms with Crippen LogP contribution in [-0.2, 0) is 0 Å². The zero-order valence-corrected chi connectivity index (χ0v) is 10.8. The summed E-state index contributed by atoms with van der Waals surface area (Å²) in [5, 5.41) is 3.26. The lowest BCUT2D eigenvalue weighted by atomic mass is 9.88. The monoisotopic (exact) mass is 265 g/mol. The summed E-state index contributed by atoms with van der Waals surface area (Å²) in [5.74, 6) is 1.39. The van der Waals surface area contributed by atoms with E-state index >= 15 is 0 Å². The van der Waals surface area contributed by atoms with Crippen LogP contribution in [0.1, 0.15) is 6.92 Å². The van der Waals surface area contributed by atoms with Crippen LogP contribution in [0, 0.1) is 11.8 Å². The van der Waals surface area contributed by atoms with E-state index in [-0.39, 0.29) is 0 Å². The van der Waals surface area contributed by atoms with Crippen molar-refractivity contribution in [1.29, 1.82) is 0 Å². The summed E-state index contributed by atoms with van der Waals surface area (Å²) in [4.78, 5) is 3.81. The molecule has 2 saturated heterocycles. The van der Waals surface area contributed by atoms with Crippen molar-refractivity contribution in [2.24, 2.45) is 11.8 Å². The molecule has 1 atom stereocenters. The SMILES string of the molecule is CC(CN1CCN(CC(F)(F)F)CC1)C1CNC1. The number of nitrogens with one attached hydrogen (secondary N) is 1. The van der Waals surface area contributed by atoms with E-state index in [9.17, 15) is 13.2 Å². The molecule has 2 heterocycles. The van der Waals surface area contributed by atoms with Gasteiger partial charge in [-0.1, -0.05) is 6.92 Å². The third-order valence-electron chi connectivity index (χ3n) is 4.03. The Kier molecular flexibility index (Phi) is 4.50. The maximum atomic E-state index is 12.2. The Hall–Kier alpha value is -0.330. The number of piperazine rings is 1. The van der Waals surface area contributed by atoms with Gasteiger partial charge in [-0.15, -0.1) is 0 Å². The van der Waals surface area contributed by atoms with Crippen LogP contribution in [0.3, 0.4) is 0 Å². The highest BCUT2D eigenvalue weighted by atomic mass is 19.4. The van der Waals surface area contributed by atoms with E-state index in [0.717, 1.165) is 38.6 Å². The van der Waals surface area contributed by atoms with Gasteiger partial charge in [0.2, 0.25) is 0 Å². The zero-order chi connectivity index (χ0) is 13.2. The number of nitrogens with zero attached hydrogens (tertiary/aromatic N) is 2. The normalized spacial score (nSPS) is 26.0. The van der Waals surface area contributed by atoms with Crippen molar-refractivity contribution in [3.8, 4) is 0 Å². The highest BCUT2D eigenvalue weighted by Crippen LogP contribution is 2.20. The zero-order valence-electron chi connectivity index (χ0n) is 10.8. The summed E-state index contributed by atoms with van der Waals surface area (Å²) in [6.45, 7) is 7.29. The molecule has 0 amide bonds. The molecule has 1 unspecified atom stereocenters. The van der Waals surface area contributed by atoms with Gasteiger partial charge in [0.25, 0.3) is 0 Å². The van der Waals surface area contributed by atoms with Gasteiger partial charge in [0, 0.05) is 32.7 Å².